The van der Waals surface area contributed by atoms with Crippen molar-refractivity contribution in [3.8, 4) is 11.3 Å². The van der Waals surface area contributed by atoms with Gasteiger partial charge in [-0.15, -0.1) is 0 Å². The average molecular weight is 381 g/mol. The van der Waals surface area contributed by atoms with E-state index in [1.165, 1.54) is 6.07 Å². The minimum Gasteiger partial charge on any atom is -0.332 e. The zero-order valence-electron chi connectivity index (χ0n) is 16.2. The van der Waals surface area contributed by atoms with Crippen LogP contribution in [0.5, 0.6) is 0 Å². The Morgan fingerprint density at radius 2 is 2.11 bits per heavy atom. The fourth-order valence-electron chi connectivity index (χ4n) is 3.97. The molecule has 0 spiro atoms. The van der Waals surface area contributed by atoms with Crippen molar-refractivity contribution in [2.45, 2.75) is 19.4 Å². The Hall–Kier alpha value is -2.80. The Balaban J connectivity index is 1.53. The fourth-order valence-corrected chi connectivity index (χ4v) is 3.97. The maximum atomic E-state index is 14.3. The smallest absolute Gasteiger partial charge is 0.202 e. The number of hydrogen-bond donors (Lipinski definition) is 0. The van der Waals surface area contributed by atoms with Crippen LogP contribution in [0.2, 0.25) is 0 Å². The van der Waals surface area contributed by atoms with Crippen molar-refractivity contribution in [2.75, 3.05) is 13.1 Å². The molecule has 28 heavy (non-hydrogen) atoms. The molecule has 6 nitrogen and oxygen atoms in total. The van der Waals surface area contributed by atoms with Crippen LogP contribution in [-0.2, 0) is 20.6 Å². The van der Waals surface area contributed by atoms with E-state index >= 15 is 0 Å². The van der Waals surface area contributed by atoms with E-state index in [1.54, 1.807) is 33.8 Å². The second kappa shape index (κ2) is 7.67. The van der Waals surface area contributed by atoms with Gasteiger partial charge in [-0.25, -0.2) is 9.37 Å². The molecule has 0 saturated carbocycles. The number of carbonyl (C=O) groups is 1. The monoisotopic (exact) mass is 381 g/mol. The highest BCUT2D eigenvalue weighted by molar-refractivity contribution is 5.95. The summed E-state index contributed by atoms with van der Waals surface area (Å²) in [5, 5.41) is 4.48. The van der Waals surface area contributed by atoms with Gasteiger partial charge in [0.1, 0.15) is 5.82 Å². The molecule has 4 rings (SSSR count). The molecule has 1 aliphatic rings. The van der Waals surface area contributed by atoms with Crippen LogP contribution in [0.4, 0.5) is 4.39 Å². The first-order valence-electron chi connectivity index (χ1n) is 9.54. The van der Waals surface area contributed by atoms with Crippen molar-refractivity contribution in [1.29, 1.82) is 0 Å². The Morgan fingerprint density at radius 1 is 1.29 bits per heavy atom. The molecular formula is C21H24FN5O. The van der Waals surface area contributed by atoms with Crippen molar-refractivity contribution in [3.05, 3.63) is 60.1 Å². The Kier molecular flexibility index (Phi) is 5.09. The van der Waals surface area contributed by atoms with Gasteiger partial charge in [-0.2, -0.15) is 5.10 Å². The number of ketones is 1. The Bertz CT molecular complexity index is 992. The van der Waals surface area contributed by atoms with Gasteiger partial charge in [0, 0.05) is 62.8 Å². The summed E-state index contributed by atoms with van der Waals surface area (Å²) >= 11 is 0. The summed E-state index contributed by atoms with van der Waals surface area (Å²) in [6.07, 6.45) is 7.21. The normalized spacial score (nSPS) is 17.8. The summed E-state index contributed by atoms with van der Waals surface area (Å²) in [7, 11) is 3.69. The van der Waals surface area contributed by atoms with E-state index in [2.05, 4.69) is 15.0 Å². The highest BCUT2D eigenvalue weighted by atomic mass is 19.1. The lowest BCUT2D eigenvalue weighted by atomic mass is 9.93. The number of nitrogens with zero attached hydrogens (tertiary/aromatic N) is 5. The second-order valence-corrected chi connectivity index (χ2v) is 7.46. The maximum Gasteiger partial charge on any atom is 0.202 e. The number of likely N-dealkylation sites (tertiary alicyclic amines) is 1. The summed E-state index contributed by atoms with van der Waals surface area (Å²) < 4.78 is 17.8. The van der Waals surface area contributed by atoms with E-state index in [1.807, 2.05) is 26.4 Å². The van der Waals surface area contributed by atoms with Gasteiger partial charge in [0.2, 0.25) is 5.78 Å². The van der Waals surface area contributed by atoms with Crippen molar-refractivity contribution in [1.82, 2.24) is 24.2 Å². The Morgan fingerprint density at radius 3 is 2.86 bits per heavy atom. The number of carbonyl (C=O) groups excluding carboxylic acids is 1. The van der Waals surface area contributed by atoms with Gasteiger partial charge in [-0.1, -0.05) is 12.1 Å². The van der Waals surface area contributed by atoms with Crippen LogP contribution < -0.4 is 0 Å². The molecule has 146 valence electrons. The lowest BCUT2D eigenvalue weighted by Crippen LogP contribution is -2.38. The SMILES string of the molecule is Cn1cc(CN2CCCC(C(=O)c3nccn3C)C2)c(-c2ccccc2F)n1. The van der Waals surface area contributed by atoms with Crippen molar-refractivity contribution >= 4 is 5.78 Å². The number of halogens is 1. The number of imidazole rings is 1. The lowest BCUT2D eigenvalue weighted by molar-refractivity contribution is 0.0798. The number of aromatic nitrogens is 4. The van der Waals surface area contributed by atoms with Crippen molar-refractivity contribution < 1.29 is 9.18 Å². The molecule has 1 saturated heterocycles. The van der Waals surface area contributed by atoms with E-state index in [-0.39, 0.29) is 17.5 Å². The molecule has 0 bridgehead atoms. The molecule has 0 N–H and O–H groups in total. The first-order chi connectivity index (χ1) is 13.5. The zero-order valence-corrected chi connectivity index (χ0v) is 16.2. The number of piperidine rings is 1. The summed E-state index contributed by atoms with van der Waals surface area (Å²) in [6, 6.07) is 6.71. The average Bonchev–Trinajstić information content (AvgIpc) is 3.27. The highest BCUT2D eigenvalue weighted by Gasteiger charge is 2.29. The largest absolute Gasteiger partial charge is 0.332 e. The number of aryl methyl sites for hydroxylation is 2. The van der Waals surface area contributed by atoms with E-state index in [0.717, 1.165) is 24.9 Å². The van der Waals surface area contributed by atoms with E-state index in [0.29, 0.717) is 30.2 Å². The Labute approximate surface area is 163 Å². The molecular weight excluding hydrogens is 357 g/mol. The van der Waals surface area contributed by atoms with Crippen LogP contribution >= 0.6 is 0 Å². The summed E-state index contributed by atoms with van der Waals surface area (Å²) in [4.78, 5) is 19.3. The van der Waals surface area contributed by atoms with Gasteiger partial charge in [0.25, 0.3) is 0 Å². The van der Waals surface area contributed by atoms with Gasteiger partial charge in [-0.05, 0) is 31.5 Å². The quantitative estimate of drug-likeness (QED) is 0.638. The van der Waals surface area contributed by atoms with Crippen molar-refractivity contribution in [2.24, 2.45) is 20.0 Å². The third-order valence-corrected chi connectivity index (χ3v) is 5.35. The summed E-state index contributed by atoms with van der Waals surface area (Å²) in [5.41, 5.74) is 2.14. The maximum absolute atomic E-state index is 14.3. The van der Waals surface area contributed by atoms with E-state index in [4.69, 9.17) is 0 Å². The van der Waals surface area contributed by atoms with Crippen LogP contribution in [0.15, 0.2) is 42.9 Å². The molecule has 1 fully saturated rings. The highest BCUT2D eigenvalue weighted by Crippen LogP contribution is 2.28. The molecule has 2 aromatic heterocycles. The molecule has 1 aromatic carbocycles. The van der Waals surface area contributed by atoms with Crippen LogP contribution in [0.25, 0.3) is 11.3 Å². The van der Waals surface area contributed by atoms with E-state index in [9.17, 15) is 9.18 Å². The number of rotatable bonds is 5. The summed E-state index contributed by atoms with van der Waals surface area (Å²) in [6.45, 7) is 2.23. The molecule has 3 aromatic rings. The fraction of sp³-hybridized carbons (Fsp3) is 0.381. The molecule has 0 aliphatic carbocycles. The second-order valence-electron chi connectivity index (χ2n) is 7.46. The first kappa shape index (κ1) is 18.6. The topological polar surface area (TPSA) is 56.0 Å². The van der Waals surface area contributed by atoms with Crippen LogP contribution in [0, 0.1) is 11.7 Å². The van der Waals surface area contributed by atoms with E-state index < -0.39 is 0 Å². The minimum atomic E-state index is -0.274. The van der Waals surface area contributed by atoms with Gasteiger partial charge in [-0.3, -0.25) is 14.4 Å². The third kappa shape index (κ3) is 3.62. The molecule has 0 radical (unpaired) electrons. The molecule has 1 unspecified atom stereocenters. The molecule has 3 heterocycles. The van der Waals surface area contributed by atoms with Gasteiger partial charge < -0.3 is 4.57 Å². The number of hydrogen-bond acceptors (Lipinski definition) is 4. The standard InChI is InChI=1S/C21H24FN5O/c1-25-11-9-23-21(25)20(28)15-6-5-10-27(13-15)14-16-12-26(2)24-19(16)17-7-3-4-8-18(17)22/h3-4,7-9,11-12,15H,5-6,10,13-14H2,1-2H3. The molecule has 1 atom stereocenters. The lowest BCUT2D eigenvalue weighted by Gasteiger charge is -2.31. The predicted molar refractivity (Wildman–Crippen MR) is 104 cm³/mol. The van der Waals surface area contributed by atoms with Gasteiger partial charge >= 0.3 is 0 Å². The zero-order chi connectivity index (χ0) is 19.7. The molecule has 1 aliphatic heterocycles. The third-order valence-electron chi connectivity index (χ3n) is 5.35. The number of Topliss-reactive ketones (excluding diaryl/α,β-unsaturated/α-hetero) is 1. The van der Waals surface area contributed by atoms with Gasteiger partial charge in [0.15, 0.2) is 5.82 Å². The molecule has 0 amide bonds. The van der Waals surface area contributed by atoms with Crippen molar-refractivity contribution in [3.63, 3.8) is 0 Å². The predicted octanol–water partition coefficient (Wildman–Crippen LogP) is 3.05. The first-order valence-corrected chi connectivity index (χ1v) is 9.54. The van der Waals surface area contributed by atoms with Crippen LogP contribution in [-0.4, -0.2) is 43.1 Å². The van der Waals surface area contributed by atoms with Gasteiger partial charge in [0.05, 0.1) is 5.69 Å². The van der Waals surface area contributed by atoms with Crippen LogP contribution in [0.1, 0.15) is 29.0 Å². The number of benzene rings is 1. The minimum absolute atomic E-state index is 0.0663. The summed E-state index contributed by atoms with van der Waals surface area (Å²) in [5.74, 6) is 0.269. The molecule has 7 heteroatoms. The van der Waals surface area contributed by atoms with Crippen LogP contribution in [0.3, 0.4) is 0 Å².